The molecule has 0 radical (unpaired) electrons. The fourth-order valence-electron chi connectivity index (χ4n) is 2.79. The number of nitrogens with one attached hydrogen (secondary N) is 1. The summed E-state index contributed by atoms with van der Waals surface area (Å²) in [5.41, 5.74) is 1.44. The van der Waals surface area contributed by atoms with Gasteiger partial charge < -0.3 is 5.32 Å². The minimum atomic E-state index is 0.576. The summed E-state index contributed by atoms with van der Waals surface area (Å²) in [4.78, 5) is 1.50. The third kappa shape index (κ3) is 3.13. The van der Waals surface area contributed by atoms with E-state index in [2.05, 4.69) is 73.6 Å². The molecule has 2 unspecified atom stereocenters. The quantitative estimate of drug-likeness (QED) is 0.736. The Hall–Kier alpha value is -0.160. The summed E-state index contributed by atoms with van der Waals surface area (Å²) in [6.45, 7) is 2.19. The molecule has 0 saturated carbocycles. The van der Waals surface area contributed by atoms with Crippen molar-refractivity contribution in [3.8, 4) is 0 Å². The van der Waals surface area contributed by atoms with Crippen molar-refractivity contribution in [3.63, 3.8) is 0 Å². The fourth-order valence-corrected chi connectivity index (χ4v) is 4.67. The summed E-state index contributed by atoms with van der Waals surface area (Å²) in [6, 6.07) is 13.2. The molecular formula is C15H15Br2NS. The second-order valence-electron chi connectivity index (χ2n) is 4.90. The van der Waals surface area contributed by atoms with Crippen LogP contribution in [0.3, 0.4) is 0 Å². The van der Waals surface area contributed by atoms with Gasteiger partial charge in [0.05, 0.1) is 3.79 Å². The Morgan fingerprint density at radius 2 is 1.79 bits per heavy atom. The molecule has 0 bridgehead atoms. The molecule has 1 aromatic carbocycles. The maximum Gasteiger partial charge on any atom is 0.0701 e. The normalized spacial score (nSPS) is 23.5. The first kappa shape index (κ1) is 13.8. The molecule has 1 N–H and O–H groups in total. The molecule has 1 aromatic heterocycles. The molecule has 0 spiro atoms. The summed E-state index contributed by atoms with van der Waals surface area (Å²) in [7, 11) is 0. The number of thiophene rings is 1. The van der Waals surface area contributed by atoms with Crippen LogP contribution in [-0.4, -0.2) is 13.1 Å². The predicted molar refractivity (Wildman–Crippen MR) is 89.1 cm³/mol. The zero-order chi connectivity index (χ0) is 13.2. The molecule has 2 heterocycles. The van der Waals surface area contributed by atoms with Gasteiger partial charge in [-0.1, -0.05) is 28.1 Å². The van der Waals surface area contributed by atoms with E-state index in [1.807, 2.05) is 11.3 Å². The SMILES string of the molecule is Brc1ccc(C2CNCCC2c2ccc(Br)s2)cc1. The number of benzene rings is 1. The number of piperidine rings is 1. The Balaban J connectivity index is 1.90. The molecule has 1 aliphatic heterocycles. The maximum atomic E-state index is 3.58. The standard InChI is InChI=1S/C15H15Br2NS/c16-11-3-1-10(2-4-11)13-9-18-8-7-12(13)14-5-6-15(17)19-14/h1-6,12-13,18H,7-9H2. The fraction of sp³-hybridized carbons (Fsp3) is 0.333. The van der Waals surface area contributed by atoms with Crippen molar-refractivity contribution < 1.29 is 0 Å². The van der Waals surface area contributed by atoms with Crippen LogP contribution < -0.4 is 5.32 Å². The first-order valence-electron chi connectivity index (χ1n) is 6.45. The molecule has 100 valence electrons. The Morgan fingerprint density at radius 3 is 2.47 bits per heavy atom. The summed E-state index contributed by atoms with van der Waals surface area (Å²) >= 11 is 8.97. The minimum absolute atomic E-state index is 0.576. The van der Waals surface area contributed by atoms with E-state index in [1.54, 1.807) is 0 Å². The van der Waals surface area contributed by atoms with Gasteiger partial charge in [0.2, 0.25) is 0 Å². The van der Waals surface area contributed by atoms with E-state index in [9.17, 15) is 0 Å². The smallest absolute Gasteiger partial charge is 0.0701 e. The van der Waals surface area contributed by atoms with Crippen LogP contribution in [0.1, 0.15) is 28.7 Å². The van der Waals surface area contributed by atoms with Crippen molar-refractivity contribution in [2.75, 3.05) is 13.1 Å². The highest BCUT2D eigenvalue weighted by Crippen LogP contribution is 2.41. The van der Waals surface area contributed by atoms with Crippen LogP contribution in [0.25, 0.3) is 0 Å². The highest BCUT2D eigenvalue weighted by atomic mass is 79.9. The molecule has 19 heavy (non-hydrogen) atoms. The first-order chi connectivity index (χ1) is 9.24. The van der Waals surface area contributed by atoms with Crippen molar-refractivity contribution in [3.05, 3.63) is 55.1 Å². The van der Waals surface area contributed by atoms with Gasteiger partial charge in [-0.05, 0) is 58.7 Å². The zero-order valence-electron chi connectivity index (χ0n) is 10.4. The van der Waals surface area contributed by atoms with Gasteiger partial charge in [0.25, 0.3) is 0 Å². The van der Waals surface area contributed by atoms with Crippen LogP contribution in [0.2, 0.25) is 0 Å². The lowest BCUT2D eigenvalue weighted by Gasteiger charge is -2.32. The van der Waals surface area contributed by atoms with Gasteiger partial charge in [0.15, 0.2) is 0 Å². The Morgan fingerprint density at radius 1 is 1.00 bits per heavy atom. The largest absolute Gasteiger partial charge is 0.316 e. The monoisotopic (exact) mass is 399 g/mol. The highest BCUT2D eigenvalue weighted by molar-refractivity contribution is 9.11. The molecule has 0 aliphatic carbocycles. The lowest BCUT2D eigenvalue weighted by Crippen LogP contribution is -2.33. The van der Waals surface area contributed by atoms with Gasteiger partial charge in [-0.2, -0.15) is 0 Å². The van der Waals surface area contributed by atoms with Crippen molar-refractivity contribution in [2.45, 2.75) is 18.3 Å². The Bertz CT molecular complexity index is 550. The molecule has 0 amide bonds. The molecule has 2 aromatic rings. The summed E-state index contributed by atoms with van der Waals surface area (Å²) in [5, 5.41) is 3.54. The predicted octanol–water partition coefficient (Wildman–Crippen LogP) is 5.13. The van der Waals surface area contributed by atoms with Crippen molar-refractivity contribution in [1.29, 1.82) is 0 Å². The Kier molecular flexibility index (Phi) is 4.42. The van der Waals surface area contributed by atoms with E-state index in [-0.39, 0.29) is 0 Å². The molecule has 1 saturated heterocycles. The van der Waals surface area contributed by atoms with Gasteiger partial charge in [-0.15, -0.1) is 11.3 Å². The van der Waals surface area contributed by atoms with E-state index in [0.29, 0.717) is 11.8 Å². The van der Waals surface area contributed by atoms with E-state index in [0.717, 1.165) is 17.6 Å². The van der Waals surface area contributed by atoms with E-state index < -0.39 is 0 Å². The van der Waals surface area contributed by atoms with Gasteiger partial charge in [0.1, 0.15) is 0 Å². The van der Waals surface area contributed by atoms with Crippen LogP contribution >= 0.6 is 43.2 Å². The summed E-state index contributed by atoms with van der Waals surface area (Å²) in [6.07, 6.45) is 1.22. The molecular weight excluding hydrogens is 386 g/mol. The number of halogens is 2. The van der Waals surface area contributed by atoms with E-state index >= 15 is 0 Å². The second kappa shape index (κ2) is 6.08. The van der Waals surface area contributed by atoms with Crippen LogP contribution in [0.4, 0.5) is 0 Å². The number of rotatable bonds is 2. The van der Waals surface area contributed by atoms with E-state index in [4.69, 9.17) is 0 Å². The highest BCUT2D eigenvalue weighted by Gasteiger charge is 2.28. The van der Waals surface area contributed by atoms with Crippen LogP contribution in [-0.2, 0) is 0 Å². The average molecular weight is 401 g/mol. The lowest BCUT2D eigenvalue weighted by atomic mass is 9.80. The minimum Gasteiger partial charge on any atom is -0.316 e. The number of hydrogen-bond donors (Lipinski definition) is 1. The third-order valence-corrected chi connectivity index (χ3v) is 6.02. The van der Waals surface area contributed by atoms with Crippen LogP contribution in [0.15, 0.2) is 44.7 Å². The summed E-state index contributed by atoms with van der Waals surface area (Å²) < 4.78 is 2.38. The molecule has 1 fully saturated rings. The average Bonchev–Trinajstić information content (AvgIpc) is 2.86. The van der Waals surface area contributed by atoms with Crippen LogP contribution in [0, 0.1) is 0 Å². The maximum absolute atomic E-state index is 3.58. The van der Waals surface area contributed by atoms with Gasteiger partial charge in [-0.3, -0.25) is 0 Å². The molecule has 3 rings (SSSR count). The van der Waals surface area contributed by atoms with Gasteiger partial charge in [-0.25, -0.2) is 0 Å². The molecule has 4 heteroatoms. The topological polar surface area (TPSA) is 12.0 Å². The van der Waals surface area contributed by atoms with Crippen molar-refractivity contribution in [1.82, 2.24) is 5.32 Å². The summed E-state index contributed by atoms with van der Waals surface area (Å²) in [5.74, 6) is 1.21. The molecule has 1 nitrogen and oxygen atoms in total. The number of hydrogen-bond acceptors (Lipinski definition) is 2. The third-order valence-electron chi connectivity index (χ3n) is 3.74. The molecule has 2 atom stereocenters. The van der Waals surface area contributed by atoms with Crippen molar-refractivity contribution in [2.24, 2.45) is 0 Å². The molecule has 1 aliphatic rings. The Labute approximate surface area is 134 Å². The first-order valence-corrected chi connectivity index (χ1v) is 8.86. The van der Waals surface area contributed by atoms with E-state index in [1.165, 1.54) is 20.6 Å². The second-order valence-corrected chi connectivity index (χ2v) is 8.31. The van der Waals surface area contributed by atoms with Gasteiger partial charge in [0, 0.05) is 27.7 Å². The van der Waals surface area contributed by atoms with Crippen molar-refractivity contribution >= 4 is 43.2 Å². The zero-order valence-corrected chi connectivity index (χ0v) is 14.4. The lowest BCUT2D eigenvalue weighted by molar-refractivity contribution is 0.408. The van der Waals surface area contributed by atoms with Crippen LogP contribution in [0.5, 0.6) is 0 Å². The van der Waals surface area contributed by atoms with Gasteiger partial charge >= 0.3 is 0 Å².